The number of halogens is 1. The van der Waals surface area contributed by atoms with Gasteiger partial charge in [-0.1, -0.05) is 40.2 Å². The Labute approximate surface area is 144 Å². The summed E-state index contributed by atoms with van der Waals surface area (Å²) in [5.74, 6) is -0.00291. The number of carbonyl (C=O) groups is 1. The first-order chi connectivity index (χ1) is 10.6. The van der Waals surface area contributed by atoms with Gasteiger partial charge < -0.3 is 4.90 Å². The van der Waals surface area contributed by atoms with Crippen molar-refractivity contribution in [2.45, 2.75) is 11.4 Å². The van der Waals surface area contributed by atoms with E-state index in [9.17, 15) is 4.79 Å². The molecule has 0 heterocycles. The van der Waals surface area contributed by atoms with Gasteiger partial charge in [-0.2, -0.15) is 0 Å². The summed E-state index contributed by atoms with van der Waals surface area (Å²) in [6.45, 7) is 0.609. The molecule has 0 aromatic heterocycles. The molecule has 0 radical (unpaired) electrons. The lowest BCUT2D eigenvalue weighted by molar-refractivity contribution is -0.125. The van der Waals surface area contributed by atoms with Gasteiger partial charge in [0.25, 0.3) is 0 Å². The van der Waals surface area contributed by atoms with Gasteiger partial charge in [-0.15, -0.1) is 11.8 Å². The largest absolute Gasteiger partial charge is 0.338 e. The van der Waals surface area contributed by atoms with Crippen LogP contribution in [0.1, 0.15) is 11.1 Å². The fraction of sp³-hybridized carbons (Fsp3) is 0.167. The molecule has 0 fully saturated rings. The fourth-order valence-electron chi connectivity index (χ4n) is 1.95. The third kappa shape index (κ3) is 5.04. The second-order valence-corrected chi connectivity index (χ2v) is 6.72. The van der Waals surface area contributed by atoms with E-state index >= 15 is 0 Å². The van der Waals surface area contributed by atoms with E-state index in [4.69, 9.17) is 0 Å². The molecule has 4 heteroatoms. The molecule has 2 rings (SSSR count). The van der Waals surface area contributed by atoms with Gasteiger partial charge in [0.05, 0.1) is 0 Å². The highest BCUT2D eigenvalue weighted by atomic mass is 79.9. The molecule has 0 unspecified atom stereocenters. The van der Waals surface area contributed by atoms with Crippen molar-refractivity contribution in [3.8, 4) is 0 Å². The van der Waals surface area contributed by atoms with E-state index in [1.807, 2.05) is 37.4 Å². The number of hydrogen-bond acceptors (Lipinski definition) is 2. The SMILES string of the molecule is CSc1ccc(CN(C)C(=O)/C=C/c2ccc(Br)cc2)cc1. The van der Waals surface area contributed by atoms with Crippen LogP contribution in [0, 0.1) is 0 Å². The van der Waals surface area contributed by atoms with Crippen LogP contribution in [0.2, 0.25) is 0 Å². The van der Waals surface area contributed by atoms with E-state index in [1.165, 1.54) is 4.90 Å². The summed E-state index contributed by atoms with van der Waals surface area (Å²) in [7, 11) is 1.82. The molecule has 1 amide bonds. The highest BCUT2D eigenvalue weighted by molar-refractivity contribution is 9.10. The molecular weight excluding hydrogens is 358 g/mol. The number of carbonyl (C=O) groups excluding carboxylic acids is 1. The summed E-state index contributed by atoms with van der Waals surface area (Å²) < 4.78 is 1.03. The molecule has 2 nitrogen and oxygen atoms in total. The maximum atomic E-state index is 12.1. The third-order valence-corrected chi connectivity index (χ3v) is 4.52. The van der Waals surface area contributed by atoms with Crippen LogP contribution in [0.25, 0.3) is 6.08 Å². The summed E-state index contributed by atoms with van der Waals surface area (Å²) in [6, 6.07) is 16.1. The number of thioether (sulfide) groups is 1. The number of rotatable bonds is 5. The van der Waals surface area contributed by atoms with Crippen LogP contribution < -0.4 is 0 Å². The van der Waals surface area contributed by atoms with E-state index in [1.54, 1.807) is 22.7 Å². The summed E-state index contributed by atoms with van der Waals surface area (Å²) in [4.78, 5) is 15.1. The molecule has 0 spiro atoms. The van der Waals surface area contributed by atoms with Crippen molar-refractivity contribution >= 4 is 39.7 Å². The minimum Gasteiger partial charge on any atom is -0.338 e. The summed E-state index contributed by atoms with van der Waals surface area (Å²) >= 11 is 5.11. The number of benzene rings is 2. The minimum atomic E-state index is -0.00291. The van der Waals surface area contributed by atoms with Gasteiger partial charge in [0, 0.05) is 29.0 Å². The number of amides is 1. The molecule has 0 aliphatic heterocycles. The molecule has 2 aromatic rings. The Bertz CT molecular complexity index is 650. The van der Waals surface area contributed by atoms with Crippen molar-refractivity contribution in [2.24, 2.45) is 0 Å². The van der Waals surface area contributed by atoms with Crippen molar-refractivity contribution in [3.63, 3.8) is 0 Å². The van der Waals surface area contributed by atoms with Crippen molar-refractivity contribution in [1.82, 2.24) is 4.90 Å². The first-order valence-corrected chi connectivity index (χ1v) is 8.92. The van der Waals surface area contributed by atoms with Gasteiger partial charge in [-0.3, -0.25) is 4.79 Å². The van der Waals surface area contributed by atoms with E-state index in [0.717, 1.165) is 15.6 Å². The number of likely N-dealkylation sites (N-methyl/N-ethyl adjacent to an activating group) is 1. The van der Waals surface area contributed by atoms with Gasteiger partial charge in [0.2, 0.25) is 5.91 Å². The van der Waals surface area contributed by atoms with Gasteiger partial charge in [0.1, 0.15) is 0 Å². The van der Waals surface area contributed by atoms with Crippen LogP contribution in [0.5, 0.6) is 0 Å². The van der Waals surface area contributed by atoms with Crippen LogP contribution in [-0.2, 0) is 11.3 Å². The monoisotopic (exact) mass is 375 g/mol. The Hall–Kier alpha value is -1.52. The lowest BCUT2D eigenvalue weighted by atomic mass is 10.2. The molecule has 0 aliphatic carbocycles. The van der Waals surface area contributed by atoms with E-state index in [0.29, 0.717) is 6.54 Å². The standard InChI is InChI=1S/C18H18BrNOS/c1-20(13-15-5-10-17(22-2)11-6-15)18(21)12-7-14-3-8-16(19)9-4-14/h3-12H,13H2,1-2H3/b12-7+. The number of nitrogens with zero attached hydrogens (tertiary/aromatic N) is 1. The lowest BCUT2D eigenvalue weighted by Gasteiger charge is -2.15. The Morgan fingerprint density at radius 1 is 1.14 bits per heavy atom. The topological polar surface area (TPSA) is 20.3 Å². The molecule has 114 valence electrons. The Morgan fingerprint density at radius 2 is 1.77 bits per heavy atom. The molecule has 0 saturated heterocycles. The first kappa shape index (κ1) is 16.8. The van der Waals surface area contributed by atoms with Crippen molar-refractivity contribution in [1.29, 1.82) is 0 Å². The van der Waals surface area contributed by atoms with Crippen molar-refractivity contribution in [2.75, 3.05) is 13.3 Å². The molecule has 0 saturated carbocycles. The maximum absolute atomic E-state index is 12.1. The Morgan fingerprint density at radius 3 is 2.36 bits per heavy atom. The zero-order valence-electron chi connectivity index (χ0n) is 12.6. The summed E-state index contributed by atoms with van der Waals surface area (Å²) in [5, 5.41) is 0. The van der Waals surface area contributed by atoms with E-state index < -0.39 is 0 Å². The van der Waals surface area contributed by atoms with Crippen LogP contribution in [0.15, 0.2) is 64.0 Å². The van der Waals surface area contributed by atoms with Crippen molar-refractivity contribution in [3.05, 3.63) is 70.2 Å². The highest BCUT2D eigenvalue weighted by Crippen LogP contribution is 2.16. The van der Waals surface area contributed by atoms with Gasteiger partial charge in [-0.25, -0.2) is 0 Å². The van der Waals surface area contributed by atoms with Crippen LogP contribution >= 0.6 is 27.7 Å². The predicted molar refractivity (Wildman–Crippen MR) is 97.9 cm³/mol. The smallest absolute Gasteiger partial charge is 0.246 e. The molecule has 0 aliphatic rings. The maximum Gasteiger partial charge on any atom is 0.246 e. The van der Waals surface area contributed by atoms with Crippen molar-refractivity contribution < 1.29 is 4.79 Å². The molecule has 2 aromatic carbocycles. The average molecular weight is 376 g/mol. The quantitative estimate of drug-likeness (QED) is 0.550. The molecule has 0 bridgehead atoms. The first-order valence-electron chi connectivity index (χ1n) is 6.90. The summed E-state index contributed by atoms with van der Waals surface area (Å²) in [6.07, 6.45) is 5.50. The lowest BCUT2D eigenvalue weighted by Crippen LogP contribution is -2.24. The average Bonchev–Trinajstić information content (AvgIpc) is 2.54. The molecule has 22 heavy (non-hydrogen) atoms. The number of hydrogen-bond donors (Lipinski definition) is 0. The molecule has 0 N–H and O–H groups in total. The van der Waals surface area contributed by atoms with Crippen LogP contribution in [-0.4, -0.2) is 24.1 Å². The Kier molecular flexibility index (Phi) is 6.28. The molecule has 0 atom stereocenters. The zero-order valence-corrected chi connectivity index (χ0v) is 15.0. The van der Waals surface area contributed by atoms with E-state index in [2.05, 4.69) is 46.5 Å². The third-order valence-electron chi connectivity index (χ3n) is 3.24. The fourth-order valence-corrected chi connectivity index (χ4v) is 2.62. The Balaban J connectivity index is 1.94. The van der Waals surface area contributed by atoms with E-state index in [-0.39, 0.29) is 5.91 Å². The summed E-state index contributed by atoms with van der Waals surface area (Å²) in [5.41, 5.74) is 2.14. The van der Waals surface area contributed by atoms with Gasteiger partial charge >= 0.3 is 0 Å². The second kappa shape index (κ2) is 8.20. The molecular formula is C18H18BrNOS. The van der Waals surface area contributed by atoms with Crippen LogP contribution in [0.3, 0.4) is 0 Å². The van der Waals surface area contributed by atoms with Crippen LogP contribution in [0.4, 0.5) is 0 Å². The van der Waals surface area contributed by atoms with Gasteiger partial charge in [-0.05, 0) is 47.7 Å². The zero-order chi connectivity index (χ0) is 15.9. The minimum absolute atomic E-state index is 0.00291. The highest BCUT2D eigenvalue weighted by Gasteiger charge is 2.05. The normalized spacial score (nSPS) is 10.9. The second-order valence-electron chi connectivity index (χ2n) is 4.93. The van der Waals surface area contributed by atoms with Gasteiger partial charge in [0.15, 0.2) is 0 Å². The predicted octanol–water partition coefficient (Wildman–Crippen LogP) is 4.84.